The molecule has 0 spiro atoms. The molecule has 4 nitrogen and oxygen atoms in total. The summed E-state index contributed by atoms with van der Waals surface area (Å²) in [6.45, 7) is 2.28. The predicted molar refractivity (Wildman–Crippen MR) is 83.7 cm³/mol. The summed E-state index contributed by atoms with van der Waals surface area (Å²) in [7, 11) is 0. The minimum Gasteiger partial charge on any atom is -0.397 e. The number of aromatic nitrogens is 1. The minimum atomic E-state index is -0.754. The van der Waals surface area contributed by atoms with Gasteiger partial charge in [-0.05, 0) is 37.4 Å². The Morgan fingerprint density at radius 3 is 2.95 bits per heavy atom. The fourth-order valence-corrected chi connectivity index (χ4v) is 2.70. The highest BCUT2D eigenvalue weighted by Gasteiger charge is 2.19. The minimum absolute atomic E-state index is 0.462. The molecule has 0 amide bonds. The second-order valence-electron chi connectivity index (χ2n) is 4.88. The summed E-state index contributed by atoms with van der Waals surface area (Å²) in [5, 5.41) is 14.3. The lowest BCUT2D eigenvalue weighted by Gasteiger charge is -2.23. The Morgan fingerprint density at radius 2 is 2.21 bits per heavy atom. The maximum Gasteiger partial charge on any atom is 0.0881 e. The standard InChI is InChI=1S/C14H19N3OS/c1-14(18,9-19-2)8-17-12-6-5-11-10(13(12)15)4-3-7-16-11/h3-7,17-18H,8-9,15H2,1-2H3. The zero-order chi connectivity index (χ0) is 13.9. The zero-order valence-electron chi connectivity index (χ0n) is 11.2. The molecular formula is C14H19N3OS. The first kappa shape index (κ1) is 14.0. The van der Waals surface area contributed by atoms with E-state index < -0.39 is 5.60 Å². The van der Waals surface area contributed by atoms with E-state index in [4.69, 9.17) is 5.73 Å². The van der Waals surface area contributed by atoms with Crippen LogP contribution in [0, 0.1) is 0 Å². The molecule has 0 saturated heterocycles. The summed E-state index contributed by atoms with van der Waals surface area (Å²) in [4.78, 5) is 4.26. The number of fused-ring (bicyclic) bond motifs is 1. The van der Waals surface area contributed by atoms with Crippen LogP contribution in [0.1, 0.15) is 6.92 Å². The van der Waals surface area contributed by atoms with Gasteiger partial charge in [0.1, 0.15) is 0 Å². The van der Waals surface area contributed by atoms with Crippen LogP contribution in [0.3, 0.4) is 0 Å². The summed E-state index contributed by atoms with van der Waals surface area (Å²) in [5.41, 5.74) is 7.76. The molecule has 19 heavy (non-hydrogen) atoms. The van der Waals surface area contributed by atoms with Gasteiger partial charge in [-0.25, -0.2) is 0 Å². The van der Waals surface area contributed by atoms with Crippen molar-refractivity contribution in [2.45, 2.75) is 12.5 Å². The predicted octanol–water partition coefficient (Wildman–Crippen LogP) is 2.34. The van der Waals surface area contributed by atoms with Gasteiger partial charge in [-0.3, -0.25) is 4.98 Å². The summed E-state index contributed by atoms with van der Waals surface area (Å²) in [6.07, 6.45) is 3.72. The fourth-order valence-electron chi connectivity index (χ4n) is 1.98. The van der Waals surface area contributed by atoms with Crippen molar-refractivity contribution in [1.29, 1.82) is 0 Å². The van der Waals surface area contributed by atoms with Crippen LogP contribution < -0.4 is 11.1 Å². The van der Waals surface area contributed by atoms with E-state index >= 15 is 0 Å². The number of rotatable bonds is 5. The molecule has 1 aromatic heterocycles. The van der Waals surface area contributed by atoms with E-state index in [-0.39, 0.29) is 0 Å². The molecular weight excluding hydrogens is 258 g/mol. The summed E-state index contributed by atoms with van der Waals surface area (Å²) in [6, 6.07) is 7.65. The van der Waals surface area contributed by atoms with Crippen molar-refractivity contribution in [3.05, 3.63) is 30.5 Å². The van der Waals surface area contributed by atoms with Crippen LogP contribution in [0.15, 0.2) is 30.5 Å². The first-order valence-electron chi connectivity index (χ1n) is 6.12. The number of nitrogens with one attached hydrogen (secondary N) is 1. The summed E-state index contributed by atoms with van der Waals surface area (Å²) < 4.78 is 0. The highest BCUT2D eigenvalue weighted by atomic mass is 32.2. The van der Waals surface area contributed by atoms with E-state index in [1.54, 1.807) is 18.0 Å². The van der Waals surface area contributed by atoms with Crippen molar-refractivity contribution < 1.29 is 5.11 Å². The smallest absolute Gasteiger partial charge is 0.0881 e. The van der Waals surface area contributed by atoms with Gasteiger partial charge >= 0.3 is 0 Å². The topological polar surface area (TPSA) is 71.2 Å². The zero-order valence-corrected chi connectivity index (χ0v) is 12.0. The lowest BCUT2D eigenvalue weighted by atomic mass is 10.1. The Balaban J connectivity index is 2.20. The van der Waals surface area contributed by atoms with Crippen LogP contribution in [0.25, 0.3) is 10.9 Å². The van der Waals surface area contributed by atoms with Gasteiger partial charge in [0.15, 0.2) is 0 Å². The lowest BCUT2D eigenvalue weighted by molar-refractivity contribution is 0.0997. The number of pyridine rings is 1. The van der Waals surface area contributed by atoms with Crippen molar-refractivity contribution in [3.63, 3.8) is 0 Å². The third-order valence-corrected chi connectivity index (χ3v) is 3.85. The second kappa shape index (κ2) is 5.67. The Hall–Kier alpha value is -1.46. The maximum atomic E-state index is 10.1. The summed E-state index contributed by atoms with van der Waals surface area (Å²) in [5.74, 6) is 0.676. The Kier molecular flexibility index (Phi) is 4.17. The quantitative estimate of drug-likeness (QED) is 0.732. The average molecular weight is 277 g/mol. The number of nitrogens with zero attached hydrogens (tertiary/aromatic N) is 1. The number of aliphatic hydroxyl groups is 1. The number of hydrogen-bond donors (Lipinski definition) is 3. The largest absolute Gasteiger partial charge is 0.397 e. The molecule has 0 radical (unpaired) electrons. The van der Waals surface area contributed by atoms with Gasteiger partial charge in [-0.15, -0.1) is 0 Å². The van der Waals surface area contributed by atoms with E-state index in [2.05, 4.69) is 10.3 Å². The van der Waals surface area contributed by atoms with Crippen molar-refractivity contribution >= 4 is 34.0 Å². The molecule has 0 aliphatic heterocycles. The van der Waals surface area contributed by atoms with Gasteiger partial charge in [0.2, 0.25) is 0 Å². The van der Waals surface area contributed by atoms with Crippen LogP contribution in [-0.4, -0.2) is 34.2 Å². The number of benzene rings is 1. The van der Waals surface area contributed by atoms with Crippen LogP contribution >= 0.6 is 11.8 Å². The molecule has 4 N–H and O–H groups in total. The number of nitrogen functional groups attached to an aromatic ring is 1. The highest BCUT2D eigenvalue weighted by Crippen LogP contribution is 2.27. The molecule has 1 atom stereocenters. The highest BCUT2D eigenvalue weighted by molar-refractivity contribution is 7.98. The van der Waals surface area contributed by atoms with E-state index in [0.29, 0.717) is 18.0 Å². The average Bonchev–Trinajstić information content (AvgIpc) is 2.38. The van der Waals surface area contributed by atoms with Gasteiger partial charge in [0.05, 0.1) is 22.5 Å². The van der Waals surface area contributed by atoms with Crippen LogP contribution in [0.2, 0.25) is 0 Å². The molecule has 0 bridgehead atoms. The molecule has 2 aromatic rings. The molecule has 1 unspecified atom stereocenters. The molecule has 1 aromatic carbocycles. The van der Waals surface area contributed by atoms with Crippen molar-refractivity contribution in [2.24, 2.45) is 0 Å². The van der Waals surface area contributed by atoms with Gasteiger partial charge in [0.25, 0.3) is 0 Å². The van der Waals surface area contributed by atoms with Crippen molar-refractivity contribution in [3.8, 4) is 0 Å². The molecule has 102 valence electrons. The fraction of sp³-hybridized carbons (Fsp3) is 0.357. The normalized spacial score (nSPS) is 14.3. The SMILES string of the molecule is CSCC(C)(O)CNc1ccc2ncccc2c1N. The first-order chi connectivity index (χ1) is 9.03. The number of thioether (sulfide) groups is 1. The molecule has 0 saturated carbocycles. The number of nitrogens with two attached hydrogens (primary N) is 1. The number of hydrogen-bond acceptors (Lipinski definition) is 5. The molecule has 0 fully saturated rings. The molecule has 1 heterocycles. The van der Waals surface area contributed by atoms with Gasteiger partial charge < -0.3 is 16.2 Å². The van der Waals surface area contributed by atoms with Crippen molar-refractivity contribution in [1.82, 2.24) is 4.98 Å². The molecule has 5 heteroatoms. The van der Waals surface area contributed by atoms with E-state index in [0.717, 1.165) is 16.6 Å². The monoisotopic (exact) mass is 277 g/mol. The Morgan fingerprint density at radius 1 is 1.42 bits per heavy atom. The second-order valence-corrected chi connectivity index (χ2v) is 5.75. The molecule has 0 aliphatic rings. The molecule has 2 rings (SSSR count). The Labute approximate surface area is 117 Å². The maximum absolute atomic E-state index is 10.1. The van der Waals surface area contributed by atoms with E-state index in [1.807, 2.05) is 37.4 Å². The third-order valence-electron chi connectivity index (χ3n) is 2.94. The van der Waals surface area contributed by atoms with Crippen molar-refractivity contribution in [2.75, 3.05) is 29.6 Å². The first-order valence-corrected chi connectivity index (χ1v) is 7.51. The van der Waals surface area contributed by atoms with Gasteiger partial charge in [0, 0.05) is 23.9 Å². The summed E-state index contributed by atoms with van der Waals surface area (Å²) >= 11 is 1.62. The Bertz CT molecular complexity index is 572. The van der Waals surface area contributed by atoms with Crippen LogP contribution in [-0.2, 0) is 0 Å². The van der Waals surface area contributed by atoms with Gasteiger partial charge in [-0.1, -0.05) is 0 Å². The van der Waals surface area contributed by atoms with Gasteiger partial charge in [-0.2, -0.15) is 11.8 Å². The van der Waals surface area contributed by atoms with E-state index in [1.165, 1.54) is 0 Å². The van der Waals surface area contributed by atoms with Crippen LogP contribution in [0.4, 0.5) is 11.4 Å². The third kappa shape index (κ3) is 3.30. The number of anilines is 2. The van der Waals surface area contributed by atoms with E-state index in [9.17, 15) is 5.11 Å². The lowest BCUT2D eigenvalue weighted by Crippen LogP contribution is -2.36. The molecule has 0 aliphatic carbocycles. The van der Waals surface area contributed by atoms with Crippen LogP contribution in [0.5, 0.6) is 0 Å².